The summed E-state index contributed by atoms with van der Waals surface area (Å²) in [5, 5.41) is 15.3. The van der Waals surface area contributed by atoms with Gasteiger partial charge >= 0.3 is 4.87 Å². The number of H-pyrrole nitrogens is 1. The van der Waals surface area contributed by atoms with Crippen molar-refractivity contribution in [3.8, 4) is 0 Å². The average Bonchev–Trinajstić information content (AvgIpc) is 2.73. The van der Waals surface area contributed by atoms with Crippen molar-refractivity contribution in [1.29, 1.82) is 0 Å². The molecule has 0 fully saturated rings. The summed E-state index contributed by atoms with van der Waals surface area (Å²) in [6.07, 6.45) is 0. The van der Waals surface area contributed by atoms with E-state index < -0.39 is 4.92 Å². The Morgan fingerprint density at radius 3 is 2.94 bits per heavy atom. The molecular weight excluding hydrogens is 242 g/mol. The summed E-state index contributed by atoms with van der Waals surface area (Å²) < 4.78 is 0. The number of hydrogen-bond acceptors (Lipinski definition) is 5. The maximum atomic E-state index is 10.9. The lowest BCUT2D eigenvalue weighted by Gasteiger charge is -2.03. The monoisotopic (exact) mass is 251 g/mol. The zero-order valence-corrected chi connectivity index (χ0v) is 9.49. The molecule has 2 N–H and O–H groups in total. The van der Waals surface area contributed by atoms with E-state index in [-0.39, 0.29) is 10.6 Å². The molecular formula is C10H9N3O3S. The Labute approximate surface area is 100 Å². The molecule has 88 valence electrons. The van der Waals surface area contributed by atoms with Gasteiger partial charge in [-0.1, -0.05) is 17.4 Å². The molecule has 2 aromatic rings. The van der Waals surface area contributed by atoms with Crippen LogP contribution in [-0.4, -0.2) is 9.91 Å². The predicted molar refractivity (Wildman–Crippen MR) is 65.4 cm³/mol. The van der Waals surface area contributed by atoms with E-state index >= 15 is 0 Å². The first kappa shape index (κ1) is 11.3. The van der Waals surface area contributed by atoms with Gasteiger partial charge in [0.2, 0.25) is 0 Å². The molecule has 0 aliphatic carbocycles. The number of nitrogens with one attached hydrogen (secondary N) is 2. The zero-order valence-electron chi connectivity index (χ0n) is 8.67. The van der Waals surface area contributed by atoms with Crippen molar-refractivity contribution in [2.24, 2.45) is 0 Å². The van der Waals surface area contributed by atoms with Crippen LogP contribution in [0.3, 0.4) is 0 Å². The second-order valence-corrected chi connectivity index (χ2v) is 4.18. The number of hydrogen-bond donors (Lipinski definition) is 2. The van der Waals surface area contributed by atoms with Gasteiger partial charge in [0.05, 0.1) is 11.5 Å². The van der Waals surface area contributed by atoms with E-state index in [4.69, 9.17) is 0 Å². The van der Waals surface area contributed by atoms with Gasteiger partial charge < -0.3 is 10.3 Å². The van der Waals surface area contributed by atoms with E-state index in [0.29, 0.717) is 12.2 Å². The molecule has 0 unspecified atom stereocenters. The Kier molecular flexibility index (Phi) is 3.20. The molecule has 1 aromatic heterocycles. The van der Waals surface area contributed by atoms with Crippen molar-refractivity contribution in [2.75, 3.05) is 5.32 Å². The molecule has 0 spiro atoms. The molecule has 6 nitrogen and oxygen atoms in total. The molecule has 17 heavy (non-hydrogen) atoms. The van der Waals surface area contributed by atoms with E-state index in [1.165, 1.54) is 12.1 Å². The number of anilines is 1. The van der Waals surface area contributed by atoms with Crippen LogP contribution >= 0.6 is 11.3 Å². The van der Waals surface area contributed by atoms with Gasteiger partial charge in [0, 0.05) is 28.9 Å². The number of benzene rings is 1. The van der Waals surface area contributed by atoms with E-state index in [2.05, 4.69) is 10.3 Å². The van der Waals surface area contributed by atoms with Crippen molar-refractivity contribution in [3.05, 3.63) is 55.1 Å². The number of thiazole rings is 1. The van der Waals surface area contributed by atoms with Crippen molar-refractivity contribution >= 4 is 22.7 Å². The highest BCUT2D eigenvalue weighted by Crippen LogP contribution is 2.17. The molecule has 0 saturated carbocycles. The summed E-state index contributed by atoms with van der Waals surface area (Å²) in [5.41, 5.74) is 1.44. The van der Waals surface area contributed by atoms with Gasteiger partial charge in [0.15, 0.2) is 0 Å². The Bertz CT molecular complexity index is 590. The number of nitro benzene ring substituents is 1. The minimum atomic E-state index is -0.447. The predicted octanol–water partition coefficient (Wildman–Crippen LogP) is 1.96. The Morgan fingerprint density at radius 2 is 2.29 bits per heavy atom. The van der Waals surface area contributed by atoms with E-state index in [0.717, 1.165) is 17.0 Å². The number of aromatic amines is 1. The van der Waals surface area contributed by atoms with Gasteiger partial charge in [-0.15, -0.1) is 0 Å². The van der Waals surface area contributed by atoms with Crippen LogP contribution in [0.15, 0.2) is 34.4 Å². The van der Waals surface area contributed by atoms with Crippen LogP contribution in [0.4, 0.5) is 11.4 Å². The summed E-state index contributed by atoms with van der Waals surface area (Å²) >= 11 is 1.09. The number of non-ortho nitro benzene ring substituents is 1. The molecule has 0 bridgehead atoms. The lowest BCUT2D eigenvalue weighted by atomic mass is 10.3. The van der Waals surface area contributed by atoms with Crippen molar-refractivity contribution in [1.82, 2.24) is 4.98 Å². The quantitative estimate of drug-likeness (QED) is 0.642. The minimum Gasteiger partial charge on any atom is -0.379 e. The largest absolute Gasteiger partial charge is 0.379 e. The van der Waals surface area contributed by atoms with Crippen LogP contribution in [0.1, 0.15) is 5.69 Å². The summed E-state index contributed by atoms with van der Waals surface area (Å²) in [7, 11) is 0. The SMILES string of the molecule is O=c1[nH]c(CNc2cccc([N+](=O)[O-])c2)cs1. The van der Waals surface area contributed by atoms with Gasteiger partial charge in [-0.2, -0.15) is 0 Å². The molecule has 0 saturated heterocycles. The van der Waals surface area contributed by atoms with Crippen LogP contribution in [-0.2, 0) is 6.54 Å². The number of nitrogens with zero attached hydrogens (tertiary/aromatic N) is 1. The fraction of sp³-hybridized carbons (Fsp3) is 0.100. The van der Waals surface area contributed by atoms with E-state index in [9.17, 15) is 14.9 Å². The lowest BCUT2D eigenvalue weighted by Crippen LogP contribution is -2.03. The van der Waals surface area contributed by atoms with Crippen LogP contribution in [0.25, 0.3) is 0 Å². The topological polar surface area (TPSA) is 88.0 Å². The number of aromatic nitrogens is 1. The van der Waals surface area contributed by atoms with Crippen LogP contribution in [0, 0.1) is 10.1 Å². The minimum absolute atomic E-state index is 0.0359. The molecule has 0 aliphatic rings. The molecule has 1 heterocycles. The second-order valence-electron chi connectivity index (χ2n) is 3.33. The maximum Gasteiger partial charge on any atom is 0.304 e. The number of nitro groups is 1. The summed E-state index contributed by atoms with van der Waals surface area (Å²) in [5.74, 6) is 0. The van der Waals surface area contributed by atoms with Crippen LogP contribution in [0.2, 0.25) is 0 Å². The van der Waals surface area contributed by atoms with Gasteiger partial charge in [0.1, 0.15) is 0 Å². The Morgan fingerprint density at radius 1 is 1.47 bits per heavy atom. The maximum absolute atomic E-state index is 10.9. The van der Waals surface area contributed by atoms with Crippen molar-refractivity contribution < 1.29 is 4.92 Å². The standard InChI is InChI=1S/C10H9N3O3S/c14-10-12-8(6-17-10)5-11-7-2-1-3-9(4-7)13(15)16/h1-4,6,11H,5H2,(H,12,14). The molecule has 2 rings (SSSR count). The normalized spacial score (nSPS) is 10.1. The second kappa shape index (κ2) is 4.79. The molecule has 0 radical (unpaired) electrons. The van der Waals surface area contributed by atoms with Crippen molar-refractivity contribution in [3.63, 3.8) is 0 Å². The third-order valence-electron chi connectivity index (χ3n) is 2.11. The molecule has 0 atom stereocenters. The fourth-order valence-electron chi connectivity index (χ4n) is 1.33. The van der Waals surface area contributed by atoms with Crippen LogP contribution < -0.4 is 10.2 Å². The highest BCUT2D eigenvalue weighted by atomic mass is 32.1. The lowest BCUT2D eigenvalue weighted by molar-refractivity contribution is -0.384. The zero-order chi connectivity index (χ0) is 12.3. The molecule has 0 amide bonds. The van der Waals surface area contributed by atoms with Crippen LogP contribution in [0.5, 0.6) is 0 Å². The first-order chi connectivity index (χ1) is 8.15. The highest BCUT2D eigenvalue weighted by molar-refractivity contribution is 7.07. The van der Waals surface area contributed by atoms with Crippen molar-refractivity contribution in [2.45, 2.75) is 6.54 Å². The molecule has 1 aromatic carbocycles. The first-order valence-electron chi connectivity index (χ1n) is 4.80. The smallest absolute Gasteiger partial charge is 0.304 e. The summed E-state index contributed by atoms with van der Waals surface area (Å²) in [6, 6.07) is 6.22. The molecule has 0 aliphatic heterocycles. The highest BCUT2D eigenvalue weighted by Gasteiger charge is 2.05. The number of rotatable bonds is 4. The van der Waals surface area contributed by atoms with Gasteiger partial charge in [-0.25, -0.2) is 0 Å². The van der Waals surface area contributed by atoms with Gasteiger partial charge in [0.25, 0.3) is 5.69 Å². The Balaban J connectivity index is 2.06. The third kappa shape index (κ3) is 2.91. The summed E-state index contributed by atoms with van der Waals surface area (Å²) in [6.45, 7) is 0.430. The van der Waals surface area contributed by atoms with Gasteiger partial charge in [-0.3, -0.25) is 14.9 Å². The molecule has 7 heteroatoms. The third-order valence-corrected chi connectivity index (χ3v) is 2.83. The van der Waals surface area contributed by atoms with E-state index in [1.807, 2.05) is 0 Å². The van der Waals surface area contributed by atoms with Gasteiger partial charge in [-0.05, 0) is 6.07 Å². The van der Waals surface area contributed by atoms with E-state index in [1.54, 1.807) is 17.5 Å². The fourth-order valence-corrected chi connectivity index (χ4v) is 1.91. The Hall–Kier alpha value is -2.15. The first-order valence-corrected chi connectivity index (χ1v) is 5.68. The summed E-state index contributed by atoms with van der Waals surface area (Å²) in [4.78, 5) is 23.5. The average molecular weight is 251 g/mol.